The van der Waals surface area contributed by atoms with Crippen LogP contribution in [0.15, 0.2) is 81.7 Å². The summed E-state index contributed by atoms with van der Waals surface area (Å²) < 4.78 is 2.60. The van der Waals surface area contributed by atoms with Crippen LogP contribution in [0.25, 0.3) is 11.8 Å². The molecule has 0 N–H and O–H groups in total. The van der Waals surface area contributed by atoms with Crippen LogP contribution in [0.1, 0.15) is 34.0 Å². The Balaban J connectivity index is 1.64. The molecule has 4 aromatic rings. The first-order chi connectivity index (χ1) is 14.8. The van der Waals surface area contributed by atoms with Crippen LogP contribution in [-0.2, 0) is 6.42 Å². The quantitative estimate of drug-likeness (QED) is 0.489. The molecular weight excluding hydrogens is 410 g/mol. The Morgan fingerprint density at radius 2 is 1.90 bits per heavy atom. The van der Waals surface area contributed by atoms with Gasteiger partial charge < -0.3 is 0 Å². The smallest absolute Gasteiger partial charge is 0.271 e. The maximum Gasteiger partial charge on any atom is 0.271 e. The highest BCUT2D eigenvalue weighted by Crippen LogP contribution is 2.42. The number of fused-ring (bicyclic) bond motifs is 3. The molecule has 0 unspecified atom stereocenters. The van der Waals surface area contributed by atoms with Crippen LogP contribution in [0, 0.1) is 0 Å². The lowest BCUT2D eigenvalue weighted by Crippen LogP contribution is -2.38. The zero-order chi connectivity index (χ0) is 20.1. The van der Waals surface area contributed by atoms with Gasteiger partial charge in [0.1, 0.15) is 0 Å². The zero-order valence-corrected chi connectivity index (χ0v) is 17.6. The van der Waals surface area contributed by atoms with Gasteiger partial charge in [0.2, 0.25) is 0 Å². The molecule has 0 radical (unpaired) electrons. The first-order valence-electron chi connectivity index (χ1n) is 9.86. The summed E-state index contributed by atoms with van der Waals surface area (Å²) in [5.41, 5.74) is 5.83. The molecule has 6 heteroatoms. The van der Waals surface area contributed by atoms with Crippen molar-refractivity contribution in [1.29, 1.82) is 0 Å². The molecule has 2 aliphatic rings. The highest BCUT2D eigenvalue weighted by atomic mass is 32.1. The minimum Gasteiger partial charge on any atom is -0.271 e. The van der Waals surface area contributed by atoms with Gasteiger partial charge in [-0.1, -0.05) is 41.7 Å². The highest BCUT2D eigenvalue weighted by Gasteiger charge is 2.32. The Kier molecular flexibility index (Phi) is 4.14. The molecule has 0 saturated heterocycles. The standard InChI is InChI=1S/C24H17N3OS2/c28-23-20(14-15-9-11-25-12-10-15)30-24-26-21-17-5-2-1-4-16(17)7-8-18(21)22(27(23)24)19-6-3-13-29-19/h1-6,9-14,22H,7-8H2/t22-/m0/s1. The van der Waals surface area contributed by atoms with Crippen molar-refractivity contribution in [3.8, 4) is 0 Å². The predicted octanol–water partition coefficient (Wildman–Crippen LogP) is 3.78. The van der Waals surface area contributed by atoms with Gasteiger partial charge in [0.05, 0.1) is 16.3 Å². The van der Waals surface area contributed by atoms with Crippen LogP contribution in [0.3, 0.4) is 0 Å². The Labute approximate surface area is 180 Å². The molecule has 4 nitrogen and oxygen atoms in total. The van der Waals surface area contributed by atoms with Crippen LogP contribution in [0.5, 0.6) is 0 Å². The summed E-state index contributed by atoms with van der Waals surface area (Å²) in [6.45, 7) is 0. The maximum atomic E-state index is 13.5. The second kappa shape index (κ2) is 7.00. The van der Waals surface area contributed by atoms with E-state index in [1.54, 1.807) is 23.7 Å². The lowest BCUT2D eigenvalue weighted by atomic mass is 9.85. The van der Waals surface area contributed by atoms with Crippen molar-refractivity contribution in [2.75, 3.05) is 0 Å². The fourth-order valence-electron chi connectivity index (χ4n) is 4.33. The third-order valence-corrected chi connectivity index (χ3v) is 7.60. The van der Waals surface area contributed by atoms with Crippen LogP contribution in [0.4, 0.5) is 0 Å². The maximum absolute atomic E-state index is 13.5. The average molecular weight is 428 g/mol. The van der Waals surface area contributed by atoms with Crippen LogP contribution < -0.4 is 14.9 Å². The molecular formula is C24H17N3OS2. The lowest BCUT2D eigenvalue weighted by molar-refractivity contribution is 0.593. The van der Waals surface area contributed by atoms with E-state index >= 15 is 0 Å². The summed E-state index contributed by atoms with van der Waals surface area (Å²) in [4.78, 5) is 24.5. The van der Waals surface area contributed by atoms with Crippen molar-refractivity contribution in [2.45, 2.75) is 18.9 Å². The SMILES string of the molecule is O=c1c(=Cc2ccncc2)sc2n1[C@H](c1cccs1)C1=C(N=2)c2ccccc2CC1. The molecule has 30 heavy (non-hydrogen) atoms. The van der Waals surface area contributed by atoms with Gasteiger partial charge in [-0.25, -0.2) is 4.99 Å². The van der Waals surface area contributed by atoms with Gasteiger partial charge in [0.15, 0.2) is 4.80 Å². The van der Waals surface area contributed by atoms with Crippen molar-refractivity contribution < 1.29 is 0 Å². The van der Waals surface area contributed by atoms with Crippen molar-refractivity contribution in [1.82, 2.24) is 9.55 Å². The number of benzene rings is 1. The summed E-state index contributed by atoms with van der Waals surface area (Å²) in [6, 6.07) is 16.4. The Bertz CT molecular complexity index is 1460. The number of thiazole rings is 1. The number of pyridine rings is 1. The van der Waals surface area contributed by atoms with E-state index in [0.717, 1.165) is 28.9 Å². The first kappa shape index (κ1) is 17.7. The van der Waals surface area contributed by atoms with Crippen molar-refractivity contribution in [3.63, 3.8) is 0 Å². The topological polar surface area (TPSA) is 47.2 Å². The van der Waals surface area contributed by atoms with E-state index in [4.69, 9.17) is 4.99 Å². The first-order valence-corrected chi connectivity index (χ1v) is 11.6. The zero-order valence-electron chi connectivity index (χ0n) is 16.0. The molecule has 0 saturated carbocycles. The average Bonchev–Trinajstić information content (AvgIpc) is 3.42. The van der Waals surface area contributed by atoms with Crippen molar-refractivity contribution in [3.05, 3.63) is 113 Å². The number of hydrogen-bond acceptors (Lipinski definition) is 5. The van der Waals surface area contributed by atoms with Gasteiger partial charge in [-0.3, -0.25) is 14.3 Å². The van der Waals surface area contributed by atoms with Gasteiger partial charge >= 0.3 is 0 Å². The second-order valence-electron chi connectivity index (χ2n) is 7.41. The van der Waals surface area contributed by atoms with Gasteiger partial charge in [0.25, 0.3) is 5.56 Å². The number of aromatic nitrogens is 2. The number of hydrogen-bond donors (Lipinski definition) is 0. The normalized spacial score (nSPS) is 17.9. The molecule has 4 heterocycles. The molecule has 6 rings (SSSR count). The summed E-state index contributed by atoms with van der Waals surface area (Å²) in [6.07, 6.45) is 7.33. The molecule has 3 aromatic heterocycles. The van der Waals surface area contributed by atoms with Crippen LogP contribution in [-0.4, -0.2) is 9.55 Å². The third kappa shape index (κ3) is 2.75. The molecule has 1 aliphatic carbocycles. The molecule has 0 bridgehead atoms. The predicted molar refractivity (Wildman–Crippen MR) is 121 cm³/mol. The minimum absolute atomic E-state index is 0.0272. The Hall–Kier alpha value is -3.09. The molecule has 0 fully saturated rings. The molecule has 0 spiro atoms. The molecule has 1 aromatic carbocycles. The van der Waals surface area contributed by atoms with Crippen LogP contribution >= 0.6 is 22.7 Å². The summed E-state index contributed by atoms with van der Waals surface area (Å²) in [5.74, 6) is 0. The van der Waals surface area contributed by atoms with E-state index in [1.165, 1.54) is 32.9 Å². The summed E-state index contributed by atoms with van der Waals surface area (Å²) in [5, 5.41) is 2.08. The number of aryl methyl sites for hydroxylation is 1. The van der Waals surface area contributed by atoms with Crippen molar-refractivity contribution in [2.24, 2.45) is 4.99 Å². The van der Waals surface area contributed by atoms with E-state index in [-0.39, 0.29) is 11.6 Å². The fraction of sp³-hybridized carbons (Fsp3) is 0.125. The fourth-order valence-corrected chi connectivity index (χ4v) is 6.18. The van der Waals surface area contributed by atoms with Gasteiger partial charge in [-0.15, -0.1) is 11.3 Å². The van der Waals surface area contributed by atoms with E-state index in [9.17, 15) is 4.79 Å². The van der Waals surface area contributed by atoms with Crippen molar-refractivity contribution >= 4 is 34.4 Å². The van der Waals surface area contributed by atoms with Gasteiger partial charge in [-0.05, 0) is 59.2 Å². The van der Waals surface area contributed by atoms with E-state index in [2.05, 4.69) is 46.8 Å². The highest BCUT2D eigenvalue weighted by molar-refractivity contribution is 7.10. The minimum atomic E-state index is -0.0794. The largest absolute Gasteiger partial charge is 0.271 e. The molecule has 146 valence electrons. The number of rotatable bonds is 2. The second-order valence-corrected chi connectivity index (χ2v) is 9.40. The number of allylic oxidation sites excluding steroid dienone is 1. The summed E-state index contributed by atoms with van der Waals surface area (Å²) >= 11 is 3.17. The van der Waals surface area contributed by atoms with Gasteiger partial charge in [0, 0.05) is 22.8 Å². The summed E-state index contributed by atoms with van der Waals surface area (Å²) in [7, 11) is 0. The molecule has 1 aliphatic heterocycles. The molecule has 1 atom stereocenters. The third-order valence-electron chi connectivity index (χ3n) is 5.69. The number of thiophene rings is 1. The number of nitrogens with zero attached hydrogens (tertiary/aromatic N) is 3. The van der Waals surface area contributed by atoms with E-state index < -0.39 is 0 Å². The van der Waals surface area contributed by atoms with E-state index in [1.807, 2.05) is 22.8 Å². The van der Waals surface area contributed by atoms with E-state index in [0.29, 0.717) is 4.53 Å². The monoisotopic (exact) mass is 427 g/mol. The molecule has 0 amide bonds. The Morgan fingerprint density at radius 3 is 2.73 bits per heavy atom. The Morgan fingerprint density at radius 1 is 1.03 bits per heavy atom. The lowest BCUT2D eigenvalue weighted by Gasteiger charge is -2.30. The van der Waals surface area contributed by atoms with Crippen LogP contribution in [0.2, 0.25) is 0 Å². The van der Waals surface area contributed by atoms with Gasteiger partial charge in [-0.2, -0.15) is 0 Å².